The van der Waals surface area contributed by atoms with Crippen LogP contribution in [0.1, 0.15) is 10.9 Å². The van der Waals surface area contributed by atoms with Gasteiger partial charge in [0.1, 0.15) is 0 Å². The second kappa shape index (κ2) is 4.78. The van der Waals surface area contributed by atoms with Crippen molar-refractivity contribution in [1.29, 1.82) is 0 Å². The fraction of sp³-hybridized carbons (Fsp3) is 0.455. The Morgan fingerprint density at radius 3 is 2.64 bits per heavy atom. The maximum atomic E-state index is 6.38. The van der Waals surface area contributed by atoms with Crippen molar-refractivity contribution in [3.05, 3.63) is 35.9 Å². The van der Waals surface area contributed by atoms with Gasteiger partial charge in [-0.3, -0.25) is 0 Å². The normalized spacial score (nSPS) is 24.5. The highest BCUT2D eigenvalue weighted by atomic mass is 35.5. The third kappa shape index (κ3) is 2.27. The topological polar surface area (TPSA) is 24.1 Å². The van der Waals surface area contributed by atoms with Gasteiger partial charge in [-0.05, 0) is 5.56 Å². The van der Waals surface area contributed by atoms with Crippen molar-refractivity contribution >= 4 is 11.6 Å². The highest BCUT2D eigenvalue weighted by molar-refractivity contribution is 6.21. The van der Waals surface area contributed by atoms with E-state index in [0.717, 1.165) is 19.6 Å². The third-order valence-corrected chi connectivity index (χ3v) is 3.10. The monoisotopic (exact) mass is 210 g/mol. The van der Waals surface area contributed by atoms with Crippen molar-refractivity contribution in [3.63, 3.8) is 0 Å². The summed E-state index contributed by atoms with van der Waals surface area (Å²) in [5.74, 6) is 0. The Hall–Kier alpha value is -0.570. The lowest BCUT2D eigenvalue weighted by Gasteiger charge is -2.28. The SMILES string of the molecule is ClC(c1ccccc1)C1CNCCN1. The molecule has 0 radical (unpaired) electrons. The lowest BCUT2D eigenvalue weighted by Crippen LogP contribution is -2.50. The van der Waals surface area contributed by atoms with Crippen molar-refractivity contribution in [2.75, 3.05) is 19.6 Å². The van der Waals surface area contributed by atoms with Crippen LogP contribution in [0.3, 0.4) is 0 Å². The zero-order valence-corrected chi connectivity index (χ0v) is 8.80. The van der Waals surface area contributed by atoms with Crippen molar-refractivity contribution in [1.82, 2.24) is 10.6 Å². The molecule has 0 saturated carbocycles. The summed E-state index contributed by atoms with van der Waals surface area (Å²) in [5, 5.41) is 6.82. The number of alkyl halides is 1. The first-order valence-electron chi connectivity index (χ1n) is 5.01. The highest BCUT2D eigenvalue weighted by Gasteiger charge is 2.21. The molecule has 2 N–H and O–H groups in total. The largest absolute Gasteiger partial charge is 0.314 e. The lowest BCUT2D eigenvalue weighted by molar-refractivity contribution is 0.409. The second-order valence-electron chi connectivity index (χ2n) is 3.58. The van der Waals surface area contributed by atoms with E-state index in [4.69, 9.17) is 11.6 Å². The van der Waals surface area contributed by atoms with E-state index in [9.17, 15) is 0 Å². The van der Waals surface area contributed by atoms with Crippen LogP contribution in [0.2, 0.25) is 0 Å². The lowest BCUT2D eigenvalue weighted by atomic mass is 10.0. The van der Waals surface area contributed by atoms with Crippen molar-refractivity contribution in [2.24, 2.45) is 0 Å². The van der Waals surface area contributed by atoms with Gasteiger partial charge in [0.15, 0.2) is 0 Å². The van der Waals surface area contributed by atoms with Crippen LogP contribution in [0.15, 0.2) is 30.3 Å². The van der Waals surface area contributed by atoms with E-state index in [1.165, 1.54) is 5.56 Å². The van der Waals surface area contributed by atoms with Gasteiger partial charge in [0, 0.05) is 25.7 Å². The van der Waals surface area contributed by atoms with E-state index in [2.05, 4.69) is 22.8 Å². The zero-order chi connectivity index (χ0) is 9.80. The molecule has 0 spiro atoms. The molecule has 1 heterocycles. The molecule has 1 saturated heterocycles. The molecule has 2 unspecified atom stereocenters. The minimum absolute atomic E-state index is 0.0593. The molecule has 3 heteroatoms. The number of piperazine rings is 1. The van der Waals surface area contributed by atoms with Gasteiger partial charge in [0.2, 0.25) is 0 Å². The summed E-state index contributed by atoms with van der Waals surface area (Å²) in [7, 11) is 0. The Morgan fingerprint density at radius 1 is 1.21 bits per heavy atom. The summed E-state index contributed by atoms with van der Waals surface area (Å²) in [6.45, 7) is 2.98. The summed E-state index contributed by atoms with van der Waals surface area (Å²) in [6, 6.07) is 10.6. The third-order valence-electron chi connectivity index (χ3n) is 2.54. The van der Waals surface area contributed by atoms with Gasteiger partial charge in [-0.2, -0.15) is 0 Å². The van der Waals surface area contributed by atoms with Crippen LogP contribution in [0.5, 0.6) is 0 Å². The van der Waals surface area contributed by atoms with Crippen LogP contribution >= 0.6 is 11.6 Å². The van der Waals surface area contributed by atoms with Gasteiger partial charge in [0.05, 0.1) is 5.38 Å². The Morgan fingerprint density at radius 2 is 2.00 bits per heavy atom. The summed E-state index contributed by atoms with van der Waals surface area (Å²) in [4.78, 5) is 0. The van der Waals surface area contributed by atoms with Crippen molar-refractivity contribution in [2.45, 2.75) is 11.4 Å². The number of benzene rings is 1. The van der Waals surface area contributed by atoms with Crippen molar-refractivity contribution < 1.29 is 0 Å². The average Bonchev–Trinajstić information content (AvgIpc) is 2.30. The Labute approximate surface area is 89.7 Å². The molecule has 14 heavy (non-hydrogen) atoms. The van der Waals surface area contributed by atoms with E-state index in [0.29, 0.717) is 6.04 Å². The summed E-state index contributed by atoms with van der Waals surface area (Å²) >= 11 is 6.38. The second-order valence-corrected chi connectivity index (χ2v) is 4.05. The Kier molecular flexibility index (Phi) is 3.40. The van der Waals surface area contributed by atoms with Gasteiger partial charge < -0.3 is 10.6 Å². The molecule has 2 nitrogen and oxygen atoms in total. The number of nitrogens with one attached hydrogen (secondary N) is 2. The quantitative estimate of drug-likeness (QED) is 0.724. The van der Waals surface area contributed by atoms with Crippen molar-refractivity contribution in [3.8, 4) is 0 Å². The van der Waals surface area contributed by atoms with Gasteiger partial charge in [0.25, 0.3) is 0 Å². The molecule has 0 bridgehead atoms. The van der Waals surface area contributed by atoms with E-state index >= 15 is 0 Å². The van der Waals surface area contributed by atoms with Crippen LogP contribution in [0, 0.1) is 0 Å². The highest BCUT2D eigenvalue weighted by Crippen LogP contribution is 2.24. The average molecular weight is 211 g/mol. The summed E-state index contributed by atoms with van der Waals surface area (Å²) < 4.78 is 0. The first-order valence-corrected chi connectivity index (χ1v) is 5.44. The maximum absolute atomic E-state index is 6.38. The number of halogens is 1. The molecule has 0 aromatic heterocycles. The molecule has 1 aromatic rings. The standard InChI is InChI=1S/C11H15ClN2/c12-11(9-4-2-1-3-5-9)10-8-13-6-7-14-10/h1-5,10-11,13-14H,6-8H2. The van der Waals surface area contributed by atoms with Gasteiger partial charge in [-0.1, -0.05) is 30.3 Å². The van der Waals surface area contributed by atoms with Crippen LogP contribution < -0.4 is 10.6 Å². The fourth-order valence-corrected chi connectivity index (χ4v) is 2.08. The predicted octanol–water partition coefficient (Wildman–Crippen LogP) is 1.53. The number of hydrogen-bond donors (Lipinski definition) is 2. The van der Waals surface area contributed by atoms with Gasteiger partial charge >= 0.3 is 0 Å². The molecule has 1 fully saturated rings. The molecule has 0 amide bonds. The first kappa shape index (κ1) is 9.97. The summed E-state index contributed by atoms with van der Waals surface area (Å²) in [5.41, 5.74) is 1.19. The zero-order valence-electron chi connectivity index (χ0n) is 8.04. The van der Waals surface area contributed by atoms with E-state index in [1.807, 2.05) is 18.2 Å². The van der Waals surface area contributed by atoms with Crippen LogP contribution in [0.4, 0.5) is 0 Å². The smallest absolute Gasteiger partial charge is 0.0750 e. The van der Waals surface area contributed by atoms with Crippen LogP contribution in [-0.2, 0) is 0 Å². The first-order chi connectivity index (χ1) is 6.88. The Bertz CT molecular complexity index is 270. The summed E-state index contributed by atoms with van der Waals surface area (Å²) in [6.07, 6.45) is 0. The predicted molar refractivity (Wildman–Crippen MR) is 59.7 cm³/mol. The van der Waals surface area contributed by atoms with Gasteiger partial charge in [-0.15, -0.1) is 11.6 Å². The van der Waals surface area contributed by atoms with Gasteiger partial charge in [-0.25, -0.2) is 0 Å². The maximum Gasteiger partial charge on any atom is 0.0750 e. The molecule has 1 aliphatic rings. The Balaban J connectivity index is 2.03. The number of rotatable bonds is 2. The molecular weight excluding hydrogens is 196 g/mol. The molecule has 1 aromatic carbocycles. The molecule has 2 rings (SSSR count). The molecule has 76 valence electrons. The number of hydrogen-bond acceptors (Lipinski definition) is 2. The van der Waals surface area contributed by atoms with E-state index in [1.54, 1.807) is 0 Å². The van der Waals surface area contributed by atoms with E-state index in [-0.39, 0.29) is 5.38 Å². The van der Waals surface area contributed by atoms with Crippen LogP contribution in [-0.4, -0.2) is 25.7 Å². The molecule has 0 aliphatic carbocycles. The van der Waals surface area contributed by atoms with E-state index < -0.39 is 0 Å². The fourth-order valence-electron chi connectivity index (χ4n) is 1.75. The minimum atomic E-state index is 0.0593. The molecule has 1 aliphatic heterocycles. The molecular formula is C11H15ClN2. The molecule has 2 atom stereocenters. The minimum Gasteiger partial charge on any atom is -0.314 e. The van der Waals surface area contributed by atoms with Crippen LogP contribution in [0.25, 0.3) is 0 Å².